The van der Waals surface area contributed by atoms with Crippen molar-refractivity contribution in [2.24, 2.45) is 0 Å². The first-order valence-electron chi connectivity index (χ1n) is 11.0. The minimum atomic E-state index is -0.397. The number of methoxy groups -OCH3 is 1. The van der Waals surface area contributed by atoms with Gasteiger partial charge in [-0.1, -0.05) is 38.1 Å². The standard InChI is InChI=1S/C25H31N3O3.2ClH/c1-18(2)19-8-9-22-21(16-19)24(29)25(30)28(22)15-14-26-10-12-27(13-11-26)17-20-6-4-5-7-23(20)31-3;;/h4-9,16,18H,10-15,17H2,1-3H3;2*1H. The molecule has 1 fully saturated rings. The number of fused-ring (bicyclic) bond motifs is 1. The number of hydrogen-bond donors (Lipinski definition) is 0. The Kier molecular flexibility index (Phi) is 9.73. The molecule has 2 heterocycles. The Labute approximate surface area is 208 Å². The number of anilines is 1. The summed E-state index contributed by atoms with van der Waals surface area (Å²) in [6.07, 6.45) is 0. The molecule has 0 unspecified atom stereocenters. The van der Waals surface area contributed by atoms with Crippen molar-refractivity contribution in [1.82, 2.24) is 9.80 Å². The number of piperazine rings is 1. The summed E-state index contributed by atoms with van der Waals surface area (Å²) < 4.78 is 5.47. The number of nitrogens with zero attached hydrogens (tertiary/aromatic N) is 3. The maximum Gasteiger partial charge on any atom is 0.299 e. The molecule has 2 aromatic carbocycles. The summed E-state index contributed by atoms with van der Waals surface area (Å²) in [4.78, 5) is 31.5. The fourth-order valence-electron chi connectivity index (χ4n) is 4.39. The van der Waals surface area contributed by atoms with Gasteiger partial charge in [0.15, 0.2) is 0 Å². The molecule has 2 aliphatic heterocycles. The fourth-order valence-corrected chi connectivity index (χ4v) is 4.39. The average Bonchev–Trinajstić information content (AvgIpc) is 3.03. The molecule has 0 radical (unpaired) electrons. The van der Waals surface area contributed by atoms with E-state index in [1.54, 1.807) is 12.0 Å². The average molecular weight is 494 g/mol. The Morgan fingerprint density at radius 1 is 0.909 bits per heavy atom. The van der Waals surface area contributed by atoms with Crippen molar-refractivity contribution < 1.29 is 14.3 Å². The van der Waals surface area contributed by atoms with Gasteiger partial charge in [0.2, 0.25) is 0 Å². The molecule has 180 valence electrons. The lowest BCUT2D eigenvalue weighted by molar-refractivity contribution is -0.114. The Hall–Kier alpha value is -2.12. The van der Waals surface area contributed by atoms with Crippen molar-refractivity contribution >= 4 is 42.2 Å². The second-order valence-corrected chi connectivity index (χ2v) is 8.65. The first-order chi connectivity index (χ1) is 15.0. The minimum absolute atomic E-state index is 0. The lowest BCUT2D eigenvalue weighted by Gasteiger charge is -2.35. The monoisotopic (exact) mass is 493 g/mol. The van der Waals surface area contributed by atoms with E-state index in [-0.39, 0.29) is 30.6 Å². The van der Waals surface area contributed by atoms with Gasteiger partial charge in [-0.3, -0.25) is 19.4 Å². The van der Waals surface area contributed by atoms with E-state index in [1.165, 1.54) is 5.56 Å². The third-order valence-corrected chi connectivity index (χ3v) is 6.35. The minimum Gasteiger partial charge on any atom is -0.496 e. The van der Waals surface area contributed by atoms with Gasteiger partial charge in [0.05, 0.1) is 18.4 Å². The second kappa shape index (κ2) is 11.8. The van der Waals surface area contributed by atoms with Gasteiger partial charge in [-0.05, 0) is 29.7 Å². The summed E-state index contributed by atoms with van der Waals surface area (Å²) in [7, 11) is 1.71. The molecule has 6 nitrogen and oxygen atoms in total. The van der Waals surface area contributed by atoms with Crippen LogP contribution in [0.4, 0.5) is 5.69 Å². The zero-order valence-corrected chi connectivity index (χ0v) is 21.1. The Balaban J connectivity index is 0.00000193. The van der Waals surface area contributed by atoms with E-state index in [1.807, 2.05) is 36.4 Å². The van der Waals surface area contributed by atoms with E-state index in [2.05, 4.69) is 29.7 Å². The fraction of sp³-hybridized carbons (Fsp3) is 0.440. The van der Waals surface area contributed by atoms with Crippen LogP contribution in [0.1, 0.15) is 41.3 Å². The van der Waals surface area contributed by atoms with Gasteiger partial charge in [-0.25, -0.2) is 0 Å². The van der Waals surface area contributed by atoms with Crippen LogP contribution in [0, 0.1) is 0 Å². The van der Waals surface area contributed by atoms with Crippen LogP contribution in [0.25, 0.3) is 0 Å². The lowest BCUT2D eigenvalue weighted by Crippen LogP contribution is -2.48. The molecule has 1 amide bonds. The van der Waals surface area contributed by atoms with Crippen molar-refractivity contribution in [3.05, 3.63) is 59.2 Å². The molecule has 8 heteroatoms. The summed E-state index contributed by atoms with van der Waals surface area (Å²) in [5, 5.41) is 0. The Morgan fingerprint density at radius 3 is 2.24 bits per heavy atom. The molecule has 0 aliphatic carbocycles. The van der Waals surface area contributed by atoms with Crippen LogP contribution in [0.2, 0.25) is 0 Å². The second-order valence-electron chi connectivity index (χ2n) is 8.65. The lowest BCUT2D eigenvalue weighted by atomic mass is 9.99. The van der Waals surface area contributed by atoms with Gasteiger partial charge >= 0.3 is 0 Å². The van der Waals surface area contributed by atoms with E-state index < -0.39 is 5.91 Å². The number of hydrogen-bond acceptors (Lipinski definition) is 5. The molecule has 2 aliphatic rings. The Bertz CT molecular complexity index is 975. The molecule has 33 heavy (non-hydrogen) atoms. The first kappa shape index (κ1) is 27.1. The summed E-state index contributed by atoms with van der Waals surface area (Å²) in [5.74, 6) is 0.487. The quantitative estimate of drug-likeness (QED) is 0.545. The molecule has 1 saturated heterocycles. The maximum absolute atomic E-state index is 12.6. The van der Waals surface area contributed by atoms with Gasteiger partial charge < -0.3 is 9.64 Å². The van der Waals surface area contributed by atoms with Crippen molar-refractivity contribution in [2.75, 3.05) is 51.3 Å². The van der Waals surface area contributed by atoms with Crippen molar-refractivity contribution in [1.29, 1.82) is 0 Å². The van der Waals surface area contributed by atoms with Gasteiger partial charge in [0.25, 0.3) is 11.7 Å². The van der Waals surface area contributed by atoms with Crippen molar-refractivity contribution in [3.63, 3.8) is 0 Å². The third-order valence-electron chi connectivity index (χ3n) is 6.35. The van der Waals surface area contributed by atoms with Crippen molar-refractivity contribution in [2.45, 2.75) is 26.3 Å². The Morgan fingerprint density at radius 2 is 1.58 bits per heavy atom. The summed E-state index contributed by atoms with van der Waals surface area (Å²) in [6.45, 7) is 10.2. The van der Waals surface area contributed by atoms with E-state index >= 15 is 0 Å². The highest BCUT2D eigenvalue weighted by Gasteiger charge is 2.36. The molecule has 0 aromatic heterocycles. The zero-order valence-electron chi connectivity index (χ0n) is 19.5. The van der Waals surface area contributed by atoms with E-state index in [0.717, 1.165) is 56.3 Å². The summed E-state index contributed by atoms with van der Waals surface area (Å²) in [5.41, 5.74) is 3.61. The molecular weight excluding hydrogens is 461 g/mol. The van der Waals surface area contributed by atoms with Gasteiger partial charge in [0.1, 0.15) is 5.75 Å². The number of amides is 1. The number of rotatable bonds is 7. The largest absolute Gasteiger partial charge is 0.496 e. The van der Waals surface area contributed by atoms with Crippen LogP contribution in [0.5, 0.6) is 5.75 Å². The number of benzene rings is 2. The molecule has 0 N–H and O–H groups in total. The van der Waals surface area contributed by atoms with Crippen molar-refractivity contribution in [3.8, 4) is 5.75 Å². The molecule has 0 spiro atoms. The first-order valence-corrected chi connectivity index (χ1v) is 11.0. The maximum atomic E-state index is 12.6. The number of ketones is 1. The SMILES string of the molecule is COc1ccccc1CN1CCN(CCN2C(=O)C(=O)c3cc(C(C)C)ccc32)CC1.Cl.Cl. The molecule has 4 rings (SSSR count). The number of halogens is 2. The number of ether oxygens (including phenoxy) is 1. The summed E-state index contributed by atoms with van der Waals surface area (Å²) >= 11 is 0. The number of carbonyl (C=O) groups is 2. The highest BCUT2D eigenvalue weighted by atomic mass is 35.5. The third kappa shape index (κ3) is 5.87. The van der Waals surface area contributed by atoms with Crippen LogP contribution < -0.4 is 9.64 Å². The predicted octanol–water partition coefficient (Wildman–Crippen LogP) is 4.01. The smallest absolute Gasteiger partial charge is 0.299 e. The number of para-hydroxylation sites is 1. The van der Waals surface area contributed by atoms with E-state index in [9.17, 15) is 9.59 Å². The van der Waals surface area contributed by atoms with Crippen LogP contribution in [0.15, 0.2) is 42.5 Å². The van der Waals surface area contributed by atoms with Crippen LogP contribution in [-0.2, 0) is 11.3 Å². The molecule has 0 saturated carbocycles. The summed E-state index contributed by atoms with van der Waals surface area (Å²) in [6, 6.07) is 14.0. The van der Waals surface area contributed by atoms with Crippen LogP contribution in [0.3, 0.4) is 0 Å². The van der Waals surface area contributed by atoms with E-state index in [4.69, 9.17) is 4.74 Å². The molecule has 0 bridgehead atoms. The van der Waals surface area contributed by atoms with Gasteiger partial charge in [-0.15, -0.1) is 24.8 Å². The van der Waals surface area contributed by atoms with Gasteiger partial charge in [-0.2, -0.15) is 0 Å². The van der Waals surface area contributed by atoms with Crippen LogP contribution in [-0.4, -0.2) is 67.9 Å². The highest BCUT2D eigenvalue weighted by molar-refractivity contribution is 6.52. The molecular formula is C25H33Cl2N3O3. The molecule has 0 atom stereocenters. The molecule has 2 aromatic rings. The number of carbonyl (C=O) groups excluding carboxylic acids is 2. The highest BCUT2D eigenvalue weighted by Crippen LogP contribution is 2.31. The van der Waals surface area contributed by atoms with Gasteiger partial charge in [0, 0.05) is 51.4 Å². The predicted molar refractivity (Wildman–Crippen MR) is 136 cm³/mol. The number of Topliss-reactive ketones (excluding diaryl/α,β-unsaturated/α-hetero) is 1. The van der Waals surface area contributed by atoms with E-state index in [0.29, 0.717) is 18.0 Å². The van der Waals surface area contributed by atoms with Crippen LogP contribution >= 0.6 is 24.8 Å². The zero-order chi connectivity index (χ0) is 22.0. The topological polar surface area (TPSA) is 53.1 Å². The normalized spacial score (nSPS) is 16.4.